The highest BCUT2D eigenvalue weighted by Gasteiger charge is 2.51. The summed E-state index contributed by atoms with van der Waals surface area (Å²) in [6, 6.07) is 0.114. The fourth-order valence-electron chi connectivity index (χ4n) is 4.28. The van der Waals surface area contributed by atoms with Gasteiger partial charge in [-0.3, -0.25) is 14.3 Å². The van der Waals surface area contributed by atoms with Gasteiger partial charge in [-0.2, -0.15) is 5.10 Å². The topological polar surface area (TPSA) is 78.7 Å². The van der Waals surface area contributed by atoms with Gasteiger partial charge in [0.25, 0.3) is 5.91 Å². The average molecular weight is 320 g/mol. The molecule has 3 heterocycles. The van der Waals surface area contributed by atoms with Crippen LogP contribution in [0.1, 0.15) is 37.0 Å². The van der Waals surface area contributed by atoms with Gasteiger partial charge in [-0.15, -0.1) is 0 Å². The van der Waals surface area contributed by atoms with Crippen molar-refractivity contribution in [2.24, 2.45) is 13.0 Å². The first-order valence-electron chi connectivity index (χ1n) is 8.04. The Bertz CT molecular complexity index is 629. The third-order valence-electron chi connectivity index (χ3n) is 5.23. The maximum absolute atomic E-state index is 12.6. The van der Waals surface area contributed by atoms with Gasteiger partial charge in [0, 0.05) is 39.3 Å². The van der Waals surface area contributed by atoms with Gasteiger partial charge >= 0.3 is 0 Å². The molecule has 0 spiro atoms. The Balaban J connectivity index is 1.77. The number of aliphatic hydroxyl groups is 1. The first-order valence-corrected chi connectivity index (χ1v) is 8.04. The minimum absolute atomic E-state index is 0.00101. The Labute approximate surface area is 135 Å². The van der Waals surface area contributed by atoms with Gasteiger partial charge in [0.1, 0.15) is 0 Å². The van der Waals surface area contributed by atoms with Crippen LogP contribution in [0.2, 0.25) is 0 Å². The maximum atomic E-state index is 12.6. The highest BCUT2D eigenvalue weighted by Crippen LogP contribution is 2.42. The maximum Gasteiger partial charge on any atom is 0.257 e. The molecular formula is C16H24N4O3. The van der Waals surface area contributed by atoms with E-state index in [1.165, 1.54) is 0 Å². The molecule has 3 atom stereocenters. The number of likely N-dealkylation sites (tertiary alicyclic amines) is 2. The number of carbonyl (C=O) groups excluding carboxylic acids is 2. The van der Waals surface area contributed by atoms with Crippen LogP contribution in [-0.4, -0.2) is 67.8 Å². The molecule has 1 aromatic heterocycles. The minimum Gasteiger partial charge on any atom is -0.394 e. The third kappa shape index (κ3) is 2.63. The normalized spacial score (nSPS) is 30.4. The predicted molar refractivity (Wildman–Crippen MR) is 83.6 cm³/mol. The molecule has 1 aromatic rings. The van der Waals surface area contributed by atoms with E-state index in [2.05, 4.69) is 5.10 Å². The highest BCUT2D eigenvalue weighted by atomic mass is 16.3. The molecule has 0 aliphatic carbocycles. The Hall–Kier alpha value is -1.89. The van der Waals surface area contributed by atoms with Crippen molar-refractivity contribution in [3.8, 4) is 0 Å². The second kappa shape index (κ2) is 5.63. The van der Waals surface area contributed by atoms with E-state index in [0.29, 0.717) is 18.7 Å². The van der Waals surface area contributed by atoms with Crippen molar-refractivity contribution in [2.75, 3.05) is 19.7 Å². The molecule has 2 amide bonds. The predicted octanol–water partition coefficient (Wildman–Crippen LogP) is 0.254. The van der Waals surface area contributed by atoms with E-state index >= 15 is 0 Å². The van der Waals surface area contributed by atoms with Crippen LogP contribution in [-0.2, 0) is 11.8 Å². The monoisotopic (exact) mass is 320 g/mol. The Kier molecular flexibility index (Phi) is 3.91. The van der Waals surface area contributed by atoms with Crippen molar-refractivity contribution >= 4 is 11.8 Å². The molecule has 23 heavy (non-hydrogen) atoms. The second-order valence-electron chi connectivity index (χ2n) is 7.02. The SMILES string of the molecule is CC(=O)N1[C@H]2CCN(C(=O)c3cnn(C)c3)C[C@@H]2C[C@]1(C)CO. The van der Waals surface area contributed by atoms with Crippen molar-refractivity contribution in [2.45, 2.75) is 38.3 Å². The molecule has 7 heteroatoms. The van der Waals surface area contributed by atoms with Gasteiger partial charge in [0.05, 0.1) is 23.9 Å². The van der Waals surface area contributed by atoms with Crippen molar-refractivity contribution < 1.29 is 14.7 Å². The summed E-state index contributed by atoms with van der Waals surface area (Å²) in [5.41, 5.74) is 0.0754. The van der Waals surface area contributed by atoms with Gasteiger partial charge in [-0.05, 0) is 25.7 Å². The first-order chi connectivity index (χ1) is 10.9. The number of nitrogens with zero attached hydrogens (tertiary/aromatic N) is 4. The smallest absolute Gasteiger partial charge is 0.257 e. The highest BCUT2D eigenvalue weighted by molar-refractivity contribution is 5.93. The van der Waals surface area contributed by atoms with E-state index < -0.39 is 5.54 Å². The number of aromatic nitrogens is 2. The molecule has 2 aliphatic rings. The molecular weight excluding hydrogens is 296 g/mol. The van der Waals surface area contributed by atoms with Crippen LogP contribution >= 0.6 is 0 Å². The quantitative estimate of drug-likeness (QED) is 0.847. The number of fused-ring (bicyclic) bond motifs is 1. The van der Waals surface area contributed by atoms with Crippen molar-refractivity contribution in [3.05, 3.63) is 18.0 Å². The molecule has 0 bridgehead atoms. The van der Waals surface area contributed by atoms with Crippen molar-refractivity contribution in [1.82, 2.24) is 19.6 Å². The lowest BCUT2D eigenvalue weighted by atomic mass is 9.89. The fraction of sp³-hybridized carbons (Fsp3) is 0.688. The number of aryl methyl sites for hydroxylation is 1. The minimum atomic E-state index is -0.519. The molecule has 0 unspecified atom stereocenters. The summed E-state index contributed by atoms with van der Waals surface area (Å²) in [5.74, 6) is 0.204. The van der Waals surface area contributed by atoms with Crippen molar-refractivity contribution in [3.63, 3.8) is 0 Å². The molecule has 1 N–H and O–H groups in total. The molecule has 3 rings (SSSR count). The van der Waals surface area contributed by atoms with E-state index in [9.17, 15) is 14.7 Å². The summed E-state index contributed by atoms with van der Waals surface area (Å²) in [6.45, 7) is 4.69. The lowest BCUT2D eigenvalue weighted by Crippen LogP contribution is -2.53. The first kappa shape index (κ1) is 16.0. The summed E-state index contributed by atoms with van der Waals surface area (Å²) >= 11 is 0. The van der Waals surface area contributed by atoms with Crippen LogP contribution < -0.4 is 0 Å². The van der Waals surface area contributed by atoms with Gasteiger partial charge in [0.15, 0.2) is 0 Å². The summed E-state index contributed by atoms with van der Waals surface area (Å²) in [4.78, 5) is 28.3. The number of rotatable bonds is 2. The molecule has 0 radical (unpaired) electrons. The second-order valence-corrected chi connectivity index (χ2v) is 7.02. The molecule has 7 nitrogen and oxygen atoms in total. The zero-order valence-electron chi connectivity index (χ0n) is 13.9. The number of aliphatic hydroxyl groups excluding tert-OH is 1. The van der Waals surface area contributed by atoms with Crippen LogP contribution in [0.25, 0.3) is 0 Å². The van der Waals surface area contributed by atoms with Crippen LogP contribution in [0.5, 0.6) is 0 Å². The Morgan fingerprint density at radius 3 is 2.78 bits per heavy atom. The summed E-state index contributed by atoms with van der Waals surface area (Å²) in [7, 11) is 1.79. The van der Waals surface area contributed by atoms with Crippen LogP contribution in [0, 0.1) is 5.92 Å². The summed E-state index contributed by atoms with van der Waals surface area (Å²) in [5, 5.41) is 13.8. The Morgan fingerprint density at radius 1 is 1.48 bits per heavy atom. The van der Waals surface area contributed by atoms with Crippen molar-refractivity contribution in [1.29, 1.82) is 0 Å². The van der Waals surface area contributed by atoms with E-state index in [1.54, 1.807) is 31.0 Å². The van der Waals surface area contributed by atoms with Gasteiger partial charge in [-0.1, -0.05) is 0 Å². The Morgan fingerprint density at radius 2 is 2.22 bits per heavy atom. The van der Waals surface area contributed by atoms with E-state index in [4.69, 9.17) is 0 Å². The number of piperidine rings is 1. The number of carbonyl (C=O) groups is 2. The third-order valence-corrected chi connectivity index (χ3v) is 5.23. The van der Waals surface area contributed by atoms with Crippen LogP contribution in [0.4, 0.5) is 0 Å². The molecule has 2 saturated heterocycles. The van der Waals surface area contributed by atoms with Gasteiger partial charge in [-0.25, -0.2) is 0 Å². The number of amides is 2. The number of hydrogen-bond acceptors (Lipinski definition) is 4. The van der Waals surface area contributed by atoms with E-state index in [-0.39, 0.29) is 30.4 Å². The van der Waals surface area contributed by atoms with Crippen LogP contribution in [0.3, 0.4) is 0 Å². The largest absolute Gasteiger partial charge is 0.394 e. The fourth-order valence-corrected chi connectivity index (χ4v) is 4.28. The average Bonchev–Trinajstić information content (AvgIpc) is 3.06. The lowest BCUT2D eigenvalue weighted by molar-refractivity contribution is -0.137. The van der Waals surface area contributed by atoms with Gasteiger partial charge < -0.3 is 14.9 Å². The molecule has 0 saturated carbocycles. The summed E-state index contributed by atoms with van der Waals surface area (Å²) in [6.07, 6.45) is 4.79. The van der Waals surface area contributed by atoms with E-state index in [1.807, 2.05) is 16.7 Å². The molecule has 126 valence electrons. The molecule has 2 fully saturated rings. The molecule has 2 aliphatic heterocycles. The van der Waals surface area contributed by atoms with Crippen LogP contribution in [0.15, 0.2) is 12.4 Å². The van der Waals surface area contributed by atoms with Gasteiger partial charge in [0.2, 0.25) is 5.91 Å². The standard InChI is InChI=1S/C16H24N4O3/c1-11(22)20-14-4-5-19(9-12(14)6-16(20,2)10-21)15(23)13-7-17-18(3)8-13/h7-8,12,14,21H,4-6,9-10H2,1-3H3/t12-,14-,16+/m0/s1. The lowest BCUT2D eigenvalue weighted by Gasteiger charge is -2.40. The zero-order chi connectivity index (χ0) is 16.8. The zero-order valence-corrected chi connectivity index (χ0v) is 13.9. The molecule has 0 aromatic carbocycles. The number of hydrogen-bond donors (Lipinski definition) is 1. The summed E-state index contributed by atoms with van der Waals surface area (Å²) < 4.78 is 1.62. The van der Waals surface area contributed by atoms with E-state index in [0.717, 1.165) is 12.8 Å².